The van der Waals surface area contributed by atoms with Crippen molar-refractivity contribution < 1.29 is 17.9 Å². The van der Waals surface area contributed by atoms with Crippen molar-refractivity contribution in [2.24, 2.45) is 4.99 Å². The molecule has 1 aliphatic rings. The minimum Gasteiger partial charge on any atom is -0.376 e. The van der Waals surface area contributed by atoms with E-state index in [-0.39, 0.29) is 23.5 Å². The number of hydrogen-bond acceptors (Lipinski definition) is 5. The average molecular weight is 410 g/mol. The highest BCUT2D eigenvalue weighted by molar-refractivity contribution is 7.20. The summed E-state index contributed by atoms with van der Waals surface area (Å²) in [4.78, 5) is 21.3. The second kappa shape index (κ2) is 7.17. The van der Waals surface area contributed by atoms with Crippen LogP contribution in [-0.2, 0) is 10.9 Å². The smallest absolute Gasteiger partial charge is 0.376 e. The van der Waals surface area contributed by atoms with Gasteiger partial charge in [0.05, 0.1) is 28.4 Å². The zero-order chi connectivity index (χ0) is 19.9. The highest BCUT2D eigenvalue weighted by Gasteiger charge is 2.39. The summed E-state index contributed by atoms with van der Waals surface area (Å²) in [7, 11) is 0. The van der Waals surface area contributed by atoms with Gasteiger partial charge in [0.1, 0.15) is 0 Å². The minimum atomic E-state index is -4.73. The fourth-order valence-electron chi connectivity index (χ4n) is 3.17. The van der Waals surface area contributed by atoms with Crippen molar-refractivity contribution in [2.75, 3.05) is 13.2 Å². The third-order valence-electron chi connectivity index (χ3n) is 4.57. The number of aromatic nitrogens is 3. The molecule has 3 aromatic rings. The number of thiazole rings is 1. The first kappa shape index (κ1) is 18.9. The third-order valence-corrected chi connectivity index (χ3v) is 5.59. The summed E-state index contributed by atoms with van der Waals surface area (Å²) in [6.45, 7) is 2.27. The molecule has 148 valence electrons. The van der Waals surface area contributed by atoms with E-state index in [9.17, 15) is 18.0 Å². The van der Waals surface area contributed by atoms with Gasteiger partial charge >= 0.3 is 6.18 Å². The first-order valence-electron chi connectivity index (χ1n) is 8.76. The van der Waals surface area contributed by atoms with Crippen molar-refractivity contribution in [3.8, 4) is 5.13 Å². The van der Waals surface area contributed by atoms with Gasteiger partial charge in [0.15, 0.2) is 5.69 Å². The van der Waals surface area contributed by atoms with Crippen LogP contribution in [-0.4, -0.2) is 39.7 Å². The number of nitrogens with one attached hydrogen (secondary N) is 1. The van der Waals surface area contributed by atoms with Crippen LogP contribution in [0.5, 0.6) is 0 Å². The normalized spacial score (nSPS) is 18.3. The summed E-state index contributed by atoms with van der Waals surface area (Å²) < 4.78 is 47.8. The molecule has 1 fully saturated rings. The molecule has 0 bridgehead atoms. The monoisotopic (exact) mass is 410 g/mol. The predicted molar refractivity (Wildman–Crippen MR) is 101 cm³/mol. The fourth-order valence-corrected chi connectivity index (χ4v) is 4.10. The number of benzene rings is 1. The van der Waals surface area contributed by atoms with Crippen molar-refractivity contribution in [2.45, 2.75) is 32.0 Å². The van der Waals surface area contributed by atoms with E-state index in [1.807, 2.05) is 0 Å². The molecule has 10 heteroatoms. The molecule has 2 aromatic heterocycles. The van der Waals surface area contributed by atoms with Crippen LogP contribution in [0.15, 0.2) is 34.1 Å². The Kier molecular flexibility index (Phi) is 4.84. The fraction of sp³-hybridized carbons (Fsp3) is 0.389. The summed E-state index contributed by atoms with van der Waals surface area (Å²) in [5, 5.41) is 2.34. The number of nitrogens with zero attached hydrogens (tertiary/aromatic N) is 3. The zero-order valence-corrected chi connectivity index (χ0v) is 15.7. The van der Waals surface area contributed by atoms with Gasteiger partial charge in [-0.05, 0) is 31.9 Å². The molecule has 0 spiro atoms. The van der Waals surface area contributed by atoms with Gasteiger partial charge in [0, 0.05) is 12.3 Å². The van der Waals surface area contributed by atoms with E-state index in [2.05, 4.69) is 15.1 Å². The summed E-state index contributed by atoms with van der Waals surface area (Å²) in [5.41, 5.74) is -1.78. The molecule has 1 atom stereocenters. The van der Waals surface area contributed by atoms with Crippen LogP contribution < -0.4 is 5.56 Å². The molecule has 1 saturated heterocycles. The number of halogens is 3. The Morgan fingerprint density at radius 2 is 2.21 bits per heavy atom. The molecule has 0 radical (unpaired) electrons. The Labute approximate surface area is 161 Å². The molecule has 0 aliphatic carbocycles. The van der Waals surface area contributed by atoms with Gasteiger partial charge in [-0.1, -0.05) is 23.5 Å². The van der Waals surface area contributed by atoms with Crippen molar-refractivity contribution in [3.05, 3.63) is 45.9 Å². The highest BCUT2D eigenvalue weighted by atomic mass is 32.1. The van der Waals surface area contributed by atoms with Crippen LogP contribution in [0.1, 0.15) is 31.0 Å². The van der Waals surface area contributed by atoms with E-state index in [4.69, 9.17) is 4.74 Å². The third kappa shape index (κ3) is 3.49. The molecule has 1 aliphatic heterocycles. The maximum absolute atomic E-state index is 13.6. The number of H-pyrrole nitrogens is 1. The molecule has 3 heterocycles. The van der Waals surface area contributed by atoms with Crippen molar-refractivity contribution >= 4 is 27.3 Å². The summed E-state index contributed by atoms with van der Waals surface area (Å²) in [6.07, 6.45) is -3.13. The molecule has 0 unspecified atom stereocenters. The van der Waals surface area contributed by atoms with Gasteiger partial charge in [0.2, 0.25) is 5.13 Å². The lowest BCUT2D eigenvalue weighted by atomic mass is 10.1. The second-order valence-corrected chi connectivity index (χ2v) is 7.53. The van der Waals surface area contributed by atoms with Crippen LogP contribution in [0.4, 0.5) is 13.2 Å². The number of alkyl halides is 3. The Hall–Kier alpha value is -2.46. The van der Waals surface area contributed by atoms with Gasteiger partial charge < -0.3 is 4.74 Å². The summed E-state index contributed by atoms with van der Waals surface area (Å²) in [5.74, 6) is 0. The molecule has 6 nitrogen and oxygen atoms in total. The molecular formula is C18H17F3N4O2S. The van der Waals surface area contributed by atoms with Crippen molar-refractivity contribution in [3.63, 3.8) is 0 Å². The molecule has 4 rings (SSSR count). The Bertz CT molecular complexity index is 1060. The number of para-hydroxylation sites is 1. The summed E-state index contributed by atoms with van der Waals surface area (Å²) >= 11 is 1.14. The van der Waals surface area contributed by atoms with Crippen LogP contribution in [0.2, 0.25) is 0 Å². The van der Waals surface area contributed by atoms with Gasteiger partial charge in [-0.2, -0.15) is 17.9 Å². The molecule has 0 saturated carbocycles. The molecular weight excluding hydrogens is 393 g/mol. The number of ether oxygens (including phenoxy) is 1. The molecule has 1 aromatic carbocycles. The largest absolute Gasteiger partial charge is 0.433 e. The van der Waals surface area contributed by atoms with E-state index in [0.717, 1.165) is 33.6 Å². The lowest BCUT2D eigenvalue weighted by molar-refractivity contribution is -0.141. The lowest BCUT2D eigenvalue weighted by Crippen LogP contribution is -2.21. The van der Waals surface area contributed by atoms with E-state index in [1.54, 1.807) is 24.3 Å². The van der Waals surface area contributed by atoms with Gasteiger partial charge in [0.25, 0.3) is 5.56 Å². The summed E-state index contributed by atoms with van der Waals surface area (Å²) in [6, 6.07) is 7.11. The number of aromatic amines is 1. The number of hydrogen-bond donors (Lipinski definition) is 1. The van der Waals surface area contributed by atoms with Crippen LogP contribution in [0.3, 0.4) is 0 Å². The Morgan fingerprint density at radius 3 is 2.89 bits per heavy atom. The predicted octanol–water partition coefficient (Wildman–Crippen LogP) is 3.78. The van der Waals surface area contributed by atoms with E-state index < -0.39 is 23.0 Å². The minimum absolute atomic E-state index is 0.0314. The quantitative estimate of drug-likeness (QED) is 0.666. The van der Waals surface area contributed by atoms with Crippen LogP contribution in [0, 0.1) is 0 Å². The maximum Gasteiger partial charge on any atom is 0.433 e. The Balaban J connectivity index is 1.79. The lowest BCUT2D eigenvalue weighted by Gasteiger charge is -2.08. The average Bonchev–Trinajstić information content (AvgIpc) is 3.36. The topological polar surface area (TPSA) is 72.3 Å². The van der Waals surface area contributed by atoms with Crippen LogP contribution in [0.25, 0.3) is 15.3 Å². The number of aliphatic imine (C=N–C) groups is 1. The van der Waals surface area contributed by atoms with E-state index >= 15 is 0 Å². The number of rotatable bonds is 4. The first-order chi connectivity index (χ1) is 13.3. The van der Waals surface area contributed by atoms with Gasteiger partial charge in [-0.3, -0.25) is 14.9 Å². The van der Waals surface area contributed by atoms with Crippen molar-refractivity contribution in [1.82, 2.24) is 14.8 Å². The standard InChI is InChI=1S/C18H17F3N4O2S/c1-10(22-9-11-5-4-8-27-11)14-15(18(19,20)21)24-25(16(14)26)17-23-12-6-2-3-7-13(12)28-17/h2-3,6-7,11,24H,4-5,8-9H2,1H3/t11-/m1/s1. The first-order valence-corrected chi connectivity index (χ1v) is 9.57. The van der Waals surface area contributed by atoms with E-state index in [0.29, 0.717) is 12.1 Å². The second-order valence-electron chi connectivity index (χ2n) is 6.53. The zero-order valence-electron chi connectivity index (χ0n) is 14.9. The van der Waals surface area contributed by atoms with Crippen LogP contribution >= 0.6 is 11.3 Å². The molecule has 28 heavy (non-hydrogen) atoms. The highest BCUT2D eigenvalue weighted by Crippen LogP contribution is 2.31. The Morgan fingerprint density at radius 1 is 1.43 bits per heavy atom. The van der Waals surface area contributed by atoms with Gasteiger partial charge in [-0.15, -0.1) is 0 Å². The maximum atomic E-state index is 13.6. The number of fused-ring (bicyclic) bond motifs is 1. The SMILES string of the molecule is CC(=NC[C@H]1CCCO1)c1c(C(F)(F)F)[nH]n(-c2nc3ccccc3s2)c1=O. The van der Waals surface area contributed by atoms with Crippen molar-refractivity contribution in [1.29, 1.82) is 0 Å². The molecule has 0 amide bonds. The van der Waals surface area contributed by atoms with E-state index in [1.165, 1.54) is 6.92 Å². The van der Waals surface area contributed by atoms with Gasteiger partial charge in [-0.25, -0.2) is 4.98 Å². The molecule has 1 N–H and O–H groups in total.